The molecule has 6 heteroatoms. The van der Waals surface area contributed by atoms with Gasteiger partial charge in [0.05, 0.1) is 24.8 Å². The second kappa shape index (κ2) is 6.45. The standard InChI is InChI=1S/C15H11BrClFO3/c1-20-12-6-9(10(16)7-13(12)21-2)15(19)8-4-3-5-11(17)14(8)18/h3-7H,1-2H3. The molecular weight excluding hydrogens is 363 g/mol. The average molecular weight is 374 g/mol. The van der Waals surface area contributed by atoms with Crippen molar-refractivity contribution in [2.24, 2.45) is 0 Å². The van der Waals surface area contributed by atoms with Gasteiger partial charge in [-0.1, -0.05) is 17.7 Å². The van der Waals surface area contributed by atoms with Crippen molar-refractivity contribution in [1.29, 1.82) is 0 Å². The molecule has 0 heterocycles. The molecule has 0 radical (unpaired) electrons. The van der Waals surface area contributed by atoms with E-state index in [9.17, 15) is 9.18 Å². The summed E-state index contributed by atoms with van der Waals surface area (Å²) in [4.78, 5) is 12.5. The maximum atomic E-state index is 14.0. The zero-order valence-electron chi connectivity index (χ0n) is 11.2. The van der Waals surface area contributed by atoms with Crippen LogP contribution >= 0.6 is 27.5 Å². The summed E-state index contributed by atoms with van der Waals surface area (Å²) in [6.45, 7) is 0. The van der Waals surface area contributed by atoms with Crippen LogP contribution in [0.3, 0.4) is 0 Å². The Labute approximate surface area is 134 Å². The molecule has 21 heavy (non-hydrogen) atoms. The third kappa shape index (κ3) is 3.04. The summed E-state index contributed by atoms with van der Waals surface area (Å²) >= 11 is 8.99. The number of ketones is 1. The first-order valence-corrected chi connectivity index (χ1v) is 7.07. The number of ether oxygens (including phenoxy) is 2. The highest BCUT2D eigenvalue weighted by molar-refractivity contribution is 9.10. The number of rotatable bonds is 4. The highest BCUT2D eigenvalue weighted by atomic mass is 79.9. The van der Waals surface area contributed by atoms with Gasteiger partial charge in [0.2, 0.25) is 0 Å². The zero-order chi connectivity index (χ0) is 15.6. The van der Waals surface area contributed by atoms with Gasteiger partial charge in [-0.25, -0.2) is 4.39 Å². The normalized spacial score (nSPS) is 10.3. The Balaban J connectivity index is 2.56. The molecule has 0 fully saturated rings. The molecule has 0 aliphatic carbocycles. The molecule has 2 aromatic rings. The van der Waals surface area contributed by atoms with E-state index in [0.717, 1.165) is 0 Å². The quantitative estimate of drug-likeness (QED) is 0.741. The van der Waals surface area contributed by atoms with Gasteiger partial charge < -0.3 is 9.47 Å². The molecule has 0 N–H and O–H groups in total. The van der Waals surface area contributed by atoms with Crippen molar-refractivity contribution in [3.05, 3.63) is 56.8 Å². The molecule has 2 rings (SSSR count). The highest BCUT2D eigenvalue weighted by Gasteiger charge is 2.20. The van der Waals surface area contributed by atoms with Crippen LogP contribution in [0, 0.1) is 5.82 Å². The first-order valence-electron chi connectivity index (χ1n) is 5.89. The second-order valence-corrected chi connectivity index (χ2v) is 5.38. The predicted octanol–water partition coefficient (Wildman–Crippen LogP) is 4.49. The van der Waals surface area contributed by atoms with Gasteiger partial charge in [0.1, 0.15) is 0 Å². The summed E-state index contributed by atoms with van der Waals surface area (Å²) in [7, 11) is 2.95. The van der Waals surface area contributed by atoms with Gasteiger partial charge >= 0.3 is 0 Å². The molecule has 0 atom stereocenters. The topological polar surface area (TPSA) is 35.5 Å². The minimum atomic E-state index is -0.745. The molecule has 0 amide bonds. The fourth-order valence-electron chi connectivity index (χ4n) is 1.85. The van der Waals surface area contributed by atoms with E-state index in [1.54, 1.807) is 6.07 Å². The Morgan fingerprint density at radius 1 is 1.14 bits per heavy atom. The van der Waals surface area contributed by atoms with Crippen LogP contribution < -0.4 is 9.47 Å². The SMILES string of the molecule is COc1cc(Br)c(C(=O)c2cccc(Cl)c2F)cc1OC. The molecule has 0 saturated heterocycles. The lowest BCUT2D eigenvalue weighted by molar-refractivity contribution is 0.103. The van der Waals surface area contributed by atoms with Crippen molar-refractivity contribution in [2.75, 3.05) is 14.2 Å². The van der Waals surface area contributed by atoms with Crippen LogP contribution in [0.15, 0.2) is 34.8 Å². The molecule has 0 saturated carbocycles. The van der Waals surface area contributed by atoms with Crippen molar-refractivity contribution in [1.82, 2.24) is 0 Å². The lowest BCUT2D eigenvalue weighted by Crippen LogP contribution is -2.06. The maximum Gasteiger partial charge on any atom is 0.197 e. The fraction of sp³-hybridized carbons (Fsp3) is 0.133. The molecule has 0 aliphatic rings. The average Bonchev–Trinajstić information content (AvgIpc) is 2.49. The summed E-state index contributed by atoms with van der Waals surface area (Å²) in [5.41, 5.74) is 0.157. The minimum Gasteiger partial charge on any atom is -0.493 e. The van der Waals surface area contributed by atoms with Gasteiger partial charge in [0.25, 0.3) is 0 Å². The first-order chi connectivity index (χ1) is 9.99. The number of carbonyl (C=O) groups excluding carboxylic acids is 1. The summed E-state index contributed by atoms with van der Waals surface area (Å²) in [6, 6.07) is 7.37. The van der Waals surface area contributed by atoms with E-state index in [0.29, 0.717) is 16.0 Å². The molecule has 0 unspecified atom stereocenters. The number of benzene rings is 2. The predicted molar refractivity (Wildman–Crippen MR) is 82.1 cm³/mol. The Hall–Kier alpha value is -1.59. The van der Waals surface area contributed by atoms with Crippen molar-refractivity contribution >= 4 is 33.3 Å². The summed E-state index contributed by atoms with van der Waals surface area (Å²) in [5, 5.41) is -0.0996. The summed E-state index contributed by atoms with van der Waals surface area (Å²) < 4.78 is 24.7. The highest BCUT2D eigenvalue weighted by Crippen LogP contribution is 2.34. The Kier molecular flexibility index (Phi) is 4.85. The van der Waals surface area contributed by atoms with Crippen molar-refractivity contribution in [3.8, 4) is 11.5 Å². The number of hydrogen-bond acceptors (Lipinski definition) is 3. The number of carbonyl (C=O) groups is 1. The lowest BCUT2D eigenvalue weighted by Gasteiger charge is -2.12. The Morgan fingerprint density at radius 3 is 2.38 bits per heavy atom. The van der Waals surface area contributed by atoms with Crippen LogP contribution in [0.5, 0.6) is 11.5 Å². The zero-order valence-corrected chi connectivity index (χ0v) is 13.6. The van der Waals surface area contributed by atoms with Gasteiger partial charge in [-0.2, -0.15) is 0 Å². The van der Waals surface area contributed by atoms with Crippen molar-refractivity contribution in [2.45, 2.75) is 0 Å². The van der Waals surface area contributed by atoms with Crippen LogP contribution in [0.2, 0.25) is 5.02 Å². The smallest absolute Gasteiger partial charge is 0.197 e. The number of hydrogen-bond donors (Lipinski definition) is 0. The van der Waals surface area contributed by atoms with Crippen molar-refractivity contribution in [3.63, 3.8) is 0 Å². The Morgan fingerprint density at radius 2 is 1.76 bits per heavy atom. The minimum absolute atomic E-state index is 0.0996. The van der Waals surface area contributed by atoms with Crippen LogP contribution in [0.25, 0.3) is 0 Å². The lowest BCUT2D eigenvalue weighted by atomic mass is 10.0. The molecule has 0 aliphatic heterocycles. The van der Waals surface area contributed by atoms with Gasteiger partial charge in [-0.05, 0) is 40.2 Å². The van der Waals surface area contributed by atoms with Gasteiger partial charge in [0, 0.05) is 10.0 Å². The summed E-state index contributed by atoms with van der Waals surface area (Å²) in [6.07, 6.45) is 0. The largest absolute Gasteiger partial charge is 0.493 e. The van der Waals surface area contributed by atoms with E-state index in [-0.39, 0.29) is 16.1 Å². The monoisotopic (exact) mass is 372 g/mol. The molecule has 110 valence electrons. The first kappa shape index (κ1) is 15.8. The van der Waals surface area contributed by atoms with E-state index in [1.807, 2.05) is 0 Å². The molecule has 0 aromatic heterocycles. The van der Waals surface area contributed by atoms with E-state index in [1.165, 1.54) is 38.5 Å². The second-order valence-electron chi connectivity index (χ2n) is 4.12. The van der Waals surface area contributed by atoms with E-state index in [4.69, 9.17) is 21.1 Å². The van der Waals surface area contributed by atoms with Crippen LogP contribution in [-0.4, -0.2) is 20.0 Å². The molecule has 2 aromatic carbocycles. The molecule has 0 spiro atoms. The van der Waals surface area contributed by atoms with E-state index < -0.39 is 11.6 Å². The maximum absolute atomic E-state index is 14.0. The fourth-order valence-corrected chi connectivity index (χ4v) is 2.53. The molecular formula is C15H11BrClFO3. The number of halogens is 3. The van der Waals surface area contributed by atoms with E-state index in [2.05, 4.69) is 15.9 Å². The number of methoxy groups -OCH3 is 2. The van der Waals surface area contributed by atoms with Gasteiger partial charge in [-0.3, -0.25) is 4.79 Å². The molecule has 3 nitrogen and oxygen atoms in total. The summed E-state index contributed by atoms with van der Waals surface area (Å²) in [5.74, 6) is -0.396. The van der Waals surface area contributed by atoms with Gasteiger partial charge in [0.15, 0.2) is 23.1 Å². The van der Waals surface area contributed by atoms with Crippen molar-refractivity contribution < 1.29 is 18.7 Å². The third-order valence-electron chi connectivity index (χ3n) is 2.91. The third-order valence-corrected chi connectivity index (χ3v) is 3.86. The van der Waals surface area contributed by atoms with Crippen LogP contribution in [0.1, 0.15) is 15.9 Å². The van der Waals surface area contributed by atoms with Gasteiger partial charge in [-0.15, -0.1) is 0 Å². The van der Waals surface area contributed by atoms with Crippen LogP contribution in [-0.2, 0) is 0 Å². The molecule has 0 bridgehead atoms. The Bertz CT molecular complexity index is 704. The van der Waals surface area contributed by atoms with Crippen LogP contribution in [0.4, 0.5) is 4.39 Å². The van der Waals surface area contributed by atoms with E-state index >= 15 is 0 Å².